The van der Waals surface area contributed by atoms with Crippen molar-refractivity contribution in [1.29, 1.82) is 0 Å². The number of carbonyl (C=O) groups excluding carboxylic acids is 1. The van der Waals surface area contributed by atoms with Crippen LogP contribution in [0.25, 0.3) is 10.2 Å². The molecule has 0 aromatic carbocycles. The first kappa shape index (κ1) is 17.9. The highest BCUT2D eigenvalue weighted by atomic mass is 32.1. The summed E-state index contributed by atoms with van der Waals surface area (Å²) in [5.74, 6) is 1.49. The molecule has 0 aliphatic heterocycles. The minimum absolute atomic E-state index is 0.00245. The van der Waals surface area contributed by atoms with Crippen LogP contribution >= 0.6 is 22.7 Å². The topological polar surface area (TPSA) is 59.2 Å². The summed E-state index contributed by atoms with van der Waals surface area (Å²) in [6.45, 7) is 6.81. The van der Waals surface area contributed by atoms with Crippen LogP contribution in [0.1, 0.15) is 37.4 Å². The fraction of sp³-hybridized carbons (Fsp3) is 0.250. The maximum Gasteiger partial charge on any atom is 0.265 e. The maximum absolute atomic E-state index is 13.4. The van der Waals surface area contributed by atoms with Crippen LogP contribution in [0.15, 0.2) is 40.3 Å². The van der Waals surface area contributed by atoms with Crippen LogP contribution in [0.2, 0.25) is 0 Å². The lowest BCUT2D eigenvalue weighted by Crippen LogP contribution is -2.29. The van der Waals surface area contributed by atoms with Gasteiger partial charge in [0.05, 0.1) is 24.2 Å². The third-order valence-corrected chi connectivity index (χ3v) is 6.45. The molecule has 7 heteroatoms. The van der Waals surface area contributed by atoms with Gasteiger partial charge in [-0.05, 0) is 49.9 Å². The molecule has 5 nitrogen and oxygen atoms in total. The number of thiophene rings is 2. The number of rotatable bonds is 5. The third kappa shape index (κ3) is 3.52. The van der Waals surface area contributed by atoms with Crippen LogP contribution < -0.4 is 0 Å². The molecule has 4 rings (SSSR count). The van der Waals surface area contributed by atoms with Gasteiger partial charge in [-0.2, -0.15) is 0 Å². The standard InChI is InChI=1S/C20H19N3O2S2/c1-12-17-13(2)21-14(3)22-19(17)27-18(12)20(24)23(10-15-6-4-8-25-15)11-16-7-5-9-26-16/h4-9H,10-11H2,1-3H3. The Hall–Kier alpha value is -2.51. The van der Waals surface area contributed by atoms with Crippen molar-refractivity contribution in [1.82, 2.24) is 14.9 Å². The molecule has 138 valence electrons. The van der Waals surface area contributed by atoms with E-state index < -0.39 is 0 Å². The van der Waals surface area contributed by atoms with Crippen LogP contribution in [-0.2, 0) is 13.1 Å². The van der Waals surface area contributed by atoms with Gasteiger partial charge in [0.25, 0.3) is 5.91 Å². The van der Waals surface area contributed by atoms with Gasteiger partial charge in [0, 0.05) is 16.0 Å². The van der Waals surface area contributed by atoms with Crippen molar-refractivity contribution in [2.24, 2.45) is 0 Å². The third-order valence-electron chi connectivity index (χ3n) is 4.42. The first-order valence-electron chi connectivity index (χ1n) is 8.61. The summed E-state index contributed by atoms with van der Waals surface area (Å²) in [5.41, 5.74) is 1.87. The smallest absolute Gasteiger partial charge is 0.265 e. The van der Waals surface area contributed by atoms with E-state index in [1.54, 1.807) is 17.6 Å². The van der Waals surface area contributed by atoms with Crippen molar-refractivity contribution in [2.75, 3.05) is 0 Å². The number of aromatic nitrogens is 2. The number of fused-ring (bicyclic) bond motifs is 1. The van der Waals surface area contributed by atoms with E-state index in [-0.39, 0.29) is 5.91 Å². The zero-order valence-corrected chi connectivity index (χ0v) is 17.0. The molecular weight excluding hydrogens is 378 g/mol. The molecule has 4 heterocycles. The number of carbonyl (C=O) groups is 1. The van der Waals surface area contributed by atoms with Crippen molar-refractivity contribution in [3.63, 3.8) is 0 Å². The van der Waals surface area contributed by atoms with Crippen LogP contribution in [-0.4, -0.2) is 20.8 Å². The predicted octanol–water partition coefficient (Wildman–Crippen LogP) is 5.11. The molecular formula is C20H19N3O2S2. The normalized spacial score (nSPS) is 11.2. The zero-order valence-electron chi connectivity index (χ0n) is 15.4. The first-order valence-corrected chi connectivity index (χ1v) is 10.3. The second-order valence-electron chi connectivity index (χ2n) is 6.41. The second kappa shape index (κ2) is 7.25. The average molecular weight is 398 g/mol. The van der Waals surface area contributed by atoms with E-state index in [9.17, 15) is 4.79 Å². The van der Waals surface area contributed by atoms with Crippen LogP contribution in [0.5, 0.6) is 0 Å². The van der Waals surface area contributed by atoms with Gasteiger partial charge in [0.15, 0.2) is 0 Å². The number of furan rings is 1. The van der Waals surface area contributed by atoms with E-state index in [1.807, 2.05) is 55.3 Å². The average Bonchev–Trinajstić information content (AvgIpc) is 3.36. The minimum atomic E-state index is -0.00245. The van der Waals surface area contributed by atoms with Gasteiger partial charge in [-0.25, -0.2) is 9.97 Å². The molecule has 4 aromatic heterocycles. The lowest BCUT2D eigenvalue weighted by atomic mass is 10.1. The van der Waals surface area contributed by atoms with E-state index in [2.05, 4.69) is 9.97 Å². The largest absolute Gasteiger partial charge is 0.467 e. The Balaban J connectivity index is 1.73. The van der Waals surface area contributed by atoms with E-state index in [0.717, 1.165) is 42.8 Å². The van der Waals surface area contributed by atoms with Gasteiger partial charge in [-0.3, -0.25) is 4.79 Å². The van der Waals surface area contributed by atoms with Crippen LogP contribution in [0.4, 0.5) is 0 Å². The molecule has 0 saturated heterocycles. The summed E-state index contributed by atoms with van der Waals surface area (Å²) in [5, 5.41) is 3.01. The molecule has 0 radical (unpaired) electrons. The number of hydrogen-bond acceptors (Lipinski definition) is 6. The van der Waals surface area contributed by atoms with E-state index in [0.29, 0.717) is 13.1 Å². The Labute approximate surface area is 165 Å². The molecule has 1 amide bonds. The number of aryl methyl sites for hydroxylation is 3. The maximum atomic E-state index is 13.4. The predicted molar refractivity (Wildman–Crippen MR) is 108 cm³/mol. The zero-order chi connectivity index (χ0) is 19.0. The molecule has 0 fully saturated rings. The van der Waals surface area contributed by atoms with E-state index in [1.165, 1.54) is 11.3 Å². The number of hydrogen-bond donors (Lipinski definition) is 0. The van der Waals surface area contributed by atoms with Gasteiger partial charge < -0.3 is 9.32 Å². The second-order valence-corrected chi connectivity index (χ2v) is 8.44. The molecule has 0 aliphatic rings. The summed E-state index contributed by atoms with van der Waals surface area (Å²) >= 11 is 3.09. The summed E-state index contributed by atoms with van der Waals surface area (Å²) in [6, 6.07) is 7.78. The Morgan fingerprint density at radius 2 is 2.00 bits per heavy atom. The van der Waals surface area contributed by atoms with Gasteiger partial charge in [0.2, 0.25) is 0 Å². The fourth-order valence-corrected chi connectivity index (χ4v) is 5.17. The number of amides is 1. The Kier molecular flexibility index (Phi) is 4.80. The SMILES string of the molecule is Cc1nc(C)c2c(C)c(C(=O)N(Cc3ccco3)Cc3cccs3)sc2n1. The molecule has 4 aromatic rings. The Bertz CT molecular complexity index is 1050. The van der Waals surface area contributed by atoms with E-state index >= 15 is 0 Å². The van der Waals surface area contributed by atoms with Gasteiger partial charge >= 0.3 is 0 Å². The minimum Gasteiger partial charge on any atom is -0.467 e. The molecule has 0 N–H and O–H groups in total. The first-order chi connectivity index (χ1) is 13.0. The lowest BCUT2D eigenvalue weighted by Gasteiger charge is -2.21. The van der Waals surface area contributed by atoms with Crippen LogP contribution in [0.3, 0.4) is 0 Å². The molecule has 0 saturated carbocycles. The summed E-state index contributed by atoms with van der Waals surface area (Å²) in [7, 11) is 0. The fourth-order valence-electron chi connectivity index (χ4n) is 3.20. The van der Waals surface area contributed by atoms with Gasteiger partial charge in [0.1, 0.15) is 16.4 Å². The van der Waals surface area contributed by atoms with Crippen molar-refractivity contribution >= 4 is 38.8 Å². The molecule has 0 unspecified atom stereocenters. The monoisotopic (exact) mass is 397 g/mol. The Morgan fingerprint density at radius 3 is 2.70 bits per heavy atom. The van der Waals surface area contributed by atoms with Crippen molar-refractivity contribution in [3.05, 3.63) is 68.5 Å². The Morgan fingerprint density at radius 1 is 1.15 bits per heavy atom. The molecule has 0 bridgehead atoms. The quantitative estimate of drug-likeness (QED) is 0.469. The van der Waals surface area contributed by atoms with Crippen LogP contribution in [0, 0.1) is 20.8 Å². The number of nitrogens with zero attached hydrogens (tertiary/aromatic N) is 3. The van der Waals surface area contributed by atoms with Gasteiger partial charge in [-0.15, -0.1) is 22.7 Å². The lowest BCUT2D eigenvalue weighted by molar-refractivity contribution is 0.0724. The highest BCUT2D eigenvalue weighted by Gasteiger charge is 2.24. The summed E-state index contributed by atoms with van der Waals surface area (Å²) in [6.07, 6.45) is 1.63. The highest BCUT2D eigenvalue weighted by Crippen LogP contribution is 2.33. The van der Waals surface area contributed by atoms with Crippen molar-refractivity contribution < 1.29 is 9.21 Å². The van der Waals surface area contributed by atoms with Crippen molar-refractivity contribution in [2.45, 2.75) is 33.9 Å². The molecule has 0 aliphatic carbocycles. The molecule has 0 spiro atoms. The van der Waals surface area contributed by atoms with E-state index in [4.69, 9.17) is 4.42 Å². The summed E-state index contributed by atoms with van der Waals surface area (Å²) in [4.78, 5) is 27.0. The van der Waals surface area contributed by atoms with Gasteiger partial charge in [-0.1, -0.05) is 6.07 Å². The summed E-state index contributed by atoms with van der Waals surface area (Å²) < 4.78 is 5.48. The van der Waals surface area contributed by atoms with Crippen molar-refractivity contribution in [3.8, 4) is 0 Å². The highest BCUT2D eigenvalue weighted by molar-refractivity contribution is 7.20. The molecule has 0 atom stereocenters. The molecule has 27 heavy (non-hydrogen) atoms.